The molecular formula is C14H18Cl2N2O. The minimum atomic E-state index is 0. The van der Waals surface area contributed by atoms with E-state index in [1.807, 2.05) is 18.2 Å². The van der Waals surface area contributed by atoms with Gasteiger partial charge in [0.2, 0.25) is 5.91 Å². The summed E-state index contributed by atoms with van der Waals surface area (Å²) in [6, 6.07) is 7.96. The van der Waals surface area contributed by atoms with E-state index in [0.717, 1.165) is 31.0 Å². The Morgan fingerprint density at radius 2 is 2.05 bits per heavy atom. The molecule has 1 saturated carbocycles. The van der Waals surface area contributed by atoms with Crippen LogP contribution < -0.4 is 10.6 Å². The minimum absolute atomic E-state index is 0. The van der Waals surface area contributed by atoms with Gasteiger partial charge < -0.3 is 10.6 Å². The summed E-state index contributed by atoms with van der Waals surface area (Å²) in [5.41, 5.74) is 1.27. The van der Waals surface area contributed by atoms with Gasteiger partial charge in [-0.1, -0.05) is 29.8 Å². The summed E-state index contributed by atoms with van der Waals surface area (Å²) >= 11 is 6.24. The zero-order valence-electron chi connectivity index (χ0n) is 10.6. The largest absolute Gasteiger partial charge is 0.355 e. The van der Waals surface area contributed by atoms with Crippen LogP contribution in [0.5, 0.6) is 0 Å². The summed E-state index contributed by atoms with van der Waals surface area (Å²) in [6.45, 7) is 2.34. The number of hydrogen-bond donors (Lipinski definition) is 2. The summed E-state index contributed by atoms with van der Waals surface area (Å²) in [5, 5.41) is 7.00. The Morgan fingerprint density at radius 3 is 2.58 bits per heavy atom. The van der Waals surface area contributed by atoms with Crippen molar-refractivity contribution in [3.05, 3.63) is 34.9 Å². The quantitative estimate of drug-likeness (QED) is 0.894. The molecule has 1 saturated heterocycles. The number of rotatable bonds is 4. The molecule has 3 rings (SSSR count). The van der Waals surface area contributed by atoms with Gasteiger partial charge in [-0.15, -0.1) is 12.4 Å². The molecule has 1 aromatic rings. The second-order valence-corrected chi connectivity index (χ2v) is 5.74. The van der Waals surface area contributed by atoms with E-state index in [2.05, 4.69) is 16.7 Å². The summed E-state index contributed by atoms with van der Waals surface area (Å²) in [5.74, 6) is 0.333. The van der Waals surface area contributed by atoms with E-state index < -0.39 is 0 Å². The molecule has 3 nitrogen and oxygen atoms in total. The molecule has 0 aromatic heterocycles. The first kappa shape index (κ1) is 14.6. The summed E-state index contributed by atoms with van der Waals surface area (Å²) in [7, 11) is 0. The molecule has 104 valence electrons. The van der Waals surface area contributed by atoms with E-state index in [-0.39, 0.29) is 29.6 Å². The van der Waals surface area contributed by atoms with Gasteiger partial charge in [-0.05, 0) is 24.5 Å². The SMILES string of the molecule is Cl.O=C(NCC1(c2ccccc2Cl)CC1)C1CNC1. The fourth-order valence-electron chi connectivity index (χ4n) is 2.46. The molecule has 0 atom stereocenters. The van der Waals surface area contributed by atoms with Crippen molar-refractivity contribution in [3.8, 4) is 0 Å². The predicted octanol–water partition coefficient (Wildman–Crippen LogP) is 2.13. The van der Waals surface area contributed by atoms with Crippen molar-refractivity contribution in [2.24, 2.45) is 5.92 Å². The smallest absolute Gasteiger partial charge is 0.225 e. The molecule has 1 aromatic carbocycles. The van der Waals surface area contributed by atoms with E-state index in [0.29, 0.717) is 6.54 Å². The van der Waals surface area contributed by atoms with Crippen LogP contribution in [0.3, 0.4) is 0 Å². The zero-order valence-corrected chi connectivity index (χ0v) is 12.2. The predicted molar refractivity (Wildman–Crippen MR) is 79.0 cm³/mol. The third-order valence-electron chi connectivity index (χ3n) is 4.05. The standard InChI is InChI=1S/C14H17ClN2O.ClH/c15-12-4-2-1-3-11(12)14(5-6-14)9-17-13(18)10-7-16-8-10;/h1-4,10,16H,5-9H2,(H,17,18);1H. The number of carbonyl (C=O) groups is 1. The van der Waals surface area contributed by atoms with E-state index in [1.54, 1.807) is 0 Å². The van der Waals surface area contributed by atoms with Gasteiger partial charge in [0.1, 0.15) is 0 Å². The normalized spacial score (nSPS) is 20.1. The van der Waals surface area contributed by atoms with Crippen LogP contribution >= 0.6 is 24.0 Å². The topological polar surface area (TPSA) is 41.1 Å². The number of nitrogens with one attached hydrogen (secondary N) is 2. The molecule has 0 spiro atoms. The van der Waals surface area contributed by atoms with Gasteiger partial charge in [0.05, 0.1) is 5.92 Å². The lowest BCUT2D eigenvalue weighted by atomic mass is 9.95. The van der Waals surface area contributed by atoms with Crippen LogP contribution in [-0.4, -0.2) is 25.5 Å². The first-order chi connectivity index (χ1) is 8.71. The zero-order chi connectivity index (χ0) is 12.6. The number of hydrogen-bond acceptors (Lipinski definition) is 2. The van der Waals surface area contributed by atoms with Crippen LogP contribution in [0.4, 0.5) is 0 Å². The molecule has 0 unspecified atom stereocenters. The van der Waals surface area contributed by atoms with Crippen LogP contribution in [0.25, 0.3) is 0 Å². The summed E-state index contributed by atoms with van der Waals surface area (Å²) < 4.78 is 0. The molecule has 1 aliphatic heterocycles. The van der Waals surface area contributed by atoms with Crippen molar-refractivity contribution in [1.29, 1.82) is 0 Å². The van der Waals surface area contributed by atoms with Crippen LogP contribution in [-0.2, 0) is 10.2 Å². The number of benzene rings is 1. The van der Waals surface area contributed by atoms with Crippen molar-refractivity contribution in [1.82, 2.24) is 10.6 Å². The maximum Gasteiger partial charge on any atom is 0.225 e. The maximum atomic E-state index is 11.8. The molecular weight excluding hydrogens is 283 g/mol. The fraction of sp³-hybridized carbons (Fsp3) is 0.500. The molecule has 2 N–H and O–H groups in total. The molecule has 1 amide bonds. The van der Waals surface area contributed by atoms with E-state index in [4.69, 9.17) is 11.6 Å². The molecule has 1 aliphatic carbocycles. The number of carbonyl (C=O) groups excluding carboxylic acids is 1. The van der Waals surface area contributed by atoms with Gasteiger partial charge in [0.15, 0.2) is 0 Å². The Hall–Kier alpha value is -0.770. The average Bonchev–Trinajstić information content (AvgIpc) is 3.06. The van der Waals surface area contributed by atoms with Gasteiger partial charge in [-0.2, -0.15) is 0 Å². The first-order valence-corrected chi connectivity index (χ1v) is 6.82. The maximum absolute atomic E-state index is 11.8. The van der Waals surface area contributed by atoms with Gasteiger partial charge in [0.25, 0.3) is 0 Å². The highest BCUT2D eigenvalue weighted by Gasteiger charge is 2.45. The van der Waals surface area contributed by atoms with Crippen molar-refractivity contribution < 1.29 is 4.79 Å². The van der Waals surface area contributed by atoms with Crippen molar-refractivity contribution in [2.45, 2.75) is 18.3 Å². The van der Waals surface area contributed by atoms with Gasteiger partial charge in [-0.3, -0.25) is 4.79 Å². The summed E-state index contributed by atoms with van der Waals surface area (Å²) in [6.07, 6.45) is 2.22. The molecule has 0 bridgehead atoms. The van der Waals surface area contributed by atoms with Crippen LogP contribution in [0.1, 0.15) is 18.4 Å². The third-order valence-corrected chi connectivity index (χ3v) is 4.38. The molecule has 2 aliphatic rings. The highest BCUT2D eigenvalue weighted by Crippen LogP contribution is 2.49. The lowest BCUT2D eigenvalue weighted by molar-refractivity contribution is -0.126. The Balaban J connectivity index is 0.00000133. The highest BCUT2D eigenvalue weighted by molar-refractivity contribution is 6.31. The molecule has 2 fully saturated rings. The van der Waals surface area contributed by atoms with E-state index >= 15 is 0 Å². The van der Waals surface area contributed by atoms with Crippen molar-refractivity contribution in [3.63, 3.8) is 0 Å². The van der Waals surface area contributed by atoms with Crippen molar-refractivity contribution in [2.75, 3.05) is 19.6 Å². The third kappa shape index (κ3) is 2.88. The minimum Gasteiger partial charge on any atom is -0.355 e. The van der Waals surface area contributed by atoms with Crippen LogP contribution in [0, 0.1) is 5.92 Å². The van der Waals surface area contributed by atoms with Gasteiger partial charge in [0, 0.05) is 30.1 Å². The second-order valence-electron chi connectivity index (χ2n) is 5.33. The number of halogens is 2. The lowest BCUT2D eigenvalue weighted by Gasteiger charge is -2.27. The van der Waals surface area contributed by atoms with E-state index in [9.17, 15) is 4.79 Å². The van der Waals surface area contributed by atoms with Gasteiger partial charge in [-0.25, -0.2) is 0 Å². The molecule has 5 heteroatoms. The lowest BCUT2D eigenvalue weighted by Crippen LogP contribution is -2.51. The second kappa shape index (κ2) is 5.70. The van der Waals surface area contributed by atoms with Crippen molar-refractivity contribution >= 4 is 29.9 Å². The van der Waals surface area contributed by atoms with E-state index in [1.165, 1.54) is 5.56 Å². The Bertz CT molecular complexity index is 470. The Morgan fingerprint density at radius 1 is 1.37 bits per heavy atom. The molecule has 1 heterocycles. The van der Waals surface area contributed by atoms with Gasteiger partial charge >= 0.3 is 0 Å². The first-order valence-electron chi connectivity index (χ1n) is 6.45. The Labute approximate surface area is 124 Å². The summed E-state index contributed by atoms with van der Waals surface area (Å²) in [4.78, 5) is 11.8. The monoisotopic (exact) mass is 300 g/mol. The highest BCUT2D eigenvalue weighted by atomic mass is 35.5. The molecule has 19 heavy (non-hydrogen) atoms. The molecule has 0 radical (unpaired) electrons. The van der Waals surface area contributed by atoms with Crippen LogP contribution in [0.2, 0.25) is 5.02 Å². The Kier molecular flexibility index (Phi) is 4.39. The number of amides is 1. The fourth-order valence-corrected chi connectivity index (χ4v) is 2.79. The average molecular weight is 301 g/mol. The van der Waals surface area contributed by atoms with Crippen LogP contribution in [0.15, 0.2) is 24.3 Å².